The highest BCUT2D eigenvalue weighted by Gasteiger charge is 2.34. The largest absolute Gasteiger partial charge is 0.492 e. The number of amides is 2. The summed E-state index contributed by atoms with van der Waals surface area (Å²) < 4.78 is 16.8. The average molecular weight is 519 g/mol. The van der Waals surface area contributed by atoms with Crippen LogP contribution in [0.25, 0.3) is 0 Å². The standard InChI is InChI=1S/C27H30N6O5/c28-11-18-10-21(36-14-19-3-6-30-19)9-17-7-16(8-22(17)18)12-29-5-4-20-13-33(27(35)38-20)24-2-1-23-26(31-24)32-25(34)15-37-23/h1-2,9-10,16,19-20,29-30H,3-8,12-15H2,(H,31,32,34). The number of ether oxygens (including phenoxy) is 3. The number of carbonyl (C=O) groups is 2. The third-order valence-corrected chi connectivity index (χ3v) is 7.50. The molecule has 3 N–H and O–H groups in total. The van der Waals surface area contributed by atoms with Gasteiger partial charge in [0.2, 0.25) is 0 Å². The van der Waals surface area contributed by atoms with Crippen molar-refractivity contribution in [3.63, 3.8) is 0 Å². The topological polar surface area (TPSA) is 138 Å². The summed E-state index contributed by atoms with van der Waals surface area (Å²) in [5.74, 6) is 2.10. The van der Waals surface area contributed by atoms with Gasteiger partial charge >= 0.3 is 6.09 Å². The molecule has 3 unspecified atom stereocenters. The summed E-state index contributed by atoms with van der Waals surface area (Å²) in [7, 11) is 0. The highest BCUT2D eigenvalue weighted by atomic mass is 16.6. The van der Waals surface area contributed by atoms with Gasteiger partial charge in [-0.05, 0) is 86.6 Å². The second-order valence-electron chi connectivity index (χ2n) is 10.2. The third-order valence-electron chi connectivity index (χ3n) is 7.50. The molecule has 11 heteroatoms. The highest BCUT2D eigenvalue weighted by Crippen LogP contribution is 2.33. The lowest BCUT2D eigenvalue weighted by molar-refractivity contribution is -0.118. The number of carbonyl (C=O) groups excluding carboxylic acids is 2. The summed E-state index contributed by atoms with van der Waals surface area (Å²) in [6.45, 7) is 3.54. The van der Waals surface area contributed by atoms with Crippen LogP contribution in [-0.2, 0) is 22.4 Å². The molecule has 2 amide bonds. The Labute approximate surface area is 220 Å². The number of benzene rings is 1. The zero-order valence-corrected chi connectivity index (χ0v) is 21.0. The van der Waals surface area contributed by atoms with E-state index < -0.39 is 6.09 Å². The highest BCUT2D eigenvalue weighted by molar-refractivity contribution is 5.95. The SMILES string of the molecule is N#Cc1cc(OCC2CCN2)cc2c1CC(CNCCC1CN(c3ccc4c(n3)NC(=O)CO4)C(=O)O1)C2. The van der Waals surface area contributed by atoms with Crippen LogP contribution in [0.1, 0.15) is 29.5 Å². The Kier molecular flexibility index (Phi) is 6.74. The Morgan fingerprint density at radius 3 is 2.97 bits per heavy atom. The number of anilines is 2. The molecule has 4 heterocycles. The predicted molar refractivity (Wildman–Crippen MR) is 137 cm³/mol. The lowest BCUT2D eigenvalue weighted by Crippen LogP contribution is -2.46. The zero-order valence-electron chi connectivity index (χ0n) is 21.0. The van der Waals surface area contributed by atoms with Gasteiger partial charge in [-0.1, -0.05) is 0 Å². The van der Waals surface area contributed by atoms with Crippen molar-refractivity contribution in [3.05, 3.63) is 41.0 Å². The molecule has 38 heavy (non-hydrogen) atoms. The van der Waals surface area contributed by atoms with Gasteiger partial charge in [0.05, 0.1) is 18.2 Å². The average Bonchev–Trinajstić information content (AvgIpc) is 3.47. The van der Waals surface area contributed by atoms with E-state index in [1.54, 1.807) is 12.1 Å². The number of cyclic esters (lactones) is 1. The fraction of sp³-hybridized carbons (Fsp3) is 0.481. The van der Waals surface area contributed by atoms with Gasteiger partial charge in [-0.15, -0.1) is 0 Å². The molecule has 3 aliphatic heterocycles. The Morgan fingerprint density at radius 2 is 2.16 bits per heavy atom. The number of hydrogen-bond donors (Lipinski definition) is 3. The van der Waals surface area contributed by atoms with Crippen LogP contribution in [0, 0.1) is 17.2 Å². The van der Waals surface area contributed by atoms with Crippen LogP contribution < -0.4 is 30.3 Å². The van der Waals surface area contributed by atoms with E-state index in [0.717, 1.165) is 43.7 Å². The quantitative estimate of drug-likeness (QED) is 0.424. The van der Waals surface area contributed by atoms with Crippen molar-refractivity contribution in [2.45, 2.75) is 37.8 Å². The van der Waals surface area contributed by atoms with Crippen molar-refractivity contribution < 1.29 is 23.8 Å². The van der Waals surface area contributed by atoms with Gasteiger partial charge in [-0.3, -0.25) is 9.69 Å². The molecule has 11 nitrogen and oxygen atoms in total. The molecule has 0 radical (unpaired) electrons. The fourth-order valence-electron chi connectivity index (χ4n) is 5.34. The van der Waals surface area contributed by atoms with E-state index in [0.29, 0.717) is 61.0 Å². The van der Waals surface area contributed by atoms with E-state index in [4.69, 9.17) is 14.2 Å². The van der Waals surface area contributed by atoms with E-state index in [-0.39, 0.29) is 18.6 Å². The minimum Gasteiger partial charge on any atom is -0.492 e. The number of pyridine rings is 1. The molecule has 3 atom stereocenters. The number of nitrogens with zero attached hydrogens (tertiary/aromatic N) is 3. The molecule has 2 saturated heterocycles. The summed E-state index contributed by atoms with van der Waals surface area (Å²) in [5.41, 5.74) is 3.04. The van der Waals surface area contributed by atoms with Crippen molar-refractivity contribution in [2.24, 2.45) is 5.92 Å². The van der Waals surface area contributed by atoms with E-state index >= 15 is 0 Å². The van der Waals surface area contributed by atoms with Gasteiger partial charge in [0, 0.05) is 6.04 Å². The molecule has 0 saturated carbocycles. The van der Waals surface area contributed by atoms with Crippen molar-refractivity contribution >= 4 is 23.6 Å². The first-order chi connectivity index (χ1) is 18.6. The van der Waals surface area contributed by atoms with Crippen molar-refractivity contribution in [2.75, 3.05) is 49.6 Å². The lowest BCUT2D eigenvalue weighted by atomic mass is 10.0. The van der Waals surface area contributed by atoms with E-state index in [9.17, 15) is 14.9 Å². The second-order valence-corrected chi connectivity index (χ2v) is 10.2. The molecule has 1 aromatic carbocycles. The molecular formula is C27H30N6O5. The normalized spacial score (nSPS) is 23.4. The zero-order chi connectivity index (χ0) is 26.1. The Hall–Kier alpha value is -3.88. The van der Waals surface area contributed by atoms with Crippen LogP contribution in [0.4, 0.5) is 16.4 Å². The number of fused-ring (bicyclic) bond motifs is 2. The fourth-order valence-corrected chi connectivity index (χ4v) is 5.34. The molecular weight excluding hydrogens is 488 g/mol. The molecule has 1 aromatic heterocycles. The van der Waals surface area contributed by atoms with E-state index in [1.165, 1.54) is 10.5 Å². The first-order valence-corrected chi connectivity index (χ1v) is 13.1. The van der Waals surface area contributed by atoms with Crippen molar-refractivity contribution in [3.8, 4) is 17.6 Å². The molecule has 198 valence electrons. The molecule has 1 aliphatic carbocycles. The first-order valence-electron chi connectivity index (χ1n) is 13.1. The predicted octanol–water partition coefficient (Wildman–Crippen LogP) is 1.74. The maximum Gasteiger partial charge on any atom is 0.415 e. The number of nitriles is 1. The summed E-state index contributed by atoms with van der Waals surface area (Å²) >= 11 is 0. The number of hydrogen-bond acceptors (Lipinski definition) is 9. The summed E-state index contributed by atoms with van der Waals surface area (Å²) in [5, 5.41) is 19.2. The van der Waals surface area contributed by atoms with Crippen LogP contribution in [0.15, 0.2) is 24.3 Å². The van der Waals surface area contributed by atoms with Crippen LogP contribution in [0.5, 0.6) is 11.5 Å². The number of aromatic nitrogens is 1. The summed E-state index contributed by atoms with van der Waals surface area (Å²) in [6.07, 6.45) is 2.87. The molecule has 4 aliphatic rings. The van der Waals surface area contributed by atoms with Crippen LogP contribution in [-0.4, -0.2) is 68.5 Å². The summed E-state index contributed by atoms with van der Waals surface area (Å²) in [6, 6.07) is 10.1. The van der Waals surface area contributed by atoms with Gasteiger partial charge in [0.25, 0.3) is 5.91 Å². The summed E-state index contributed by atoms with van der Waals surface area (Å²) in [4.78, 5) is 29.9. The van der Waals surface area contributed by atoms with Crippen molar-refractivity contribution in [1.82, 2.24) is 15.6 Å². The third kappa shape index (κ3) is 5.10. The van der Waals surface area contributed by atoms with Gasteiger partial charge in [0.15, 0.2) is 18.2 Å². The van der Waals surface area contributed by atoms with E-state index in [1.807, 2.05) is 6.07 Å². The maximum absolute atomic E-state index is 12.5. The van der Waals surface area contributed by atoms with Gasteiger partial charge in [-0.2, -0.15) is 5.26 Å². The molecule has 0 bridgehead atoms. The van der Waals surface area contributed by atoms with Crippen LogP contribution >= 0.6 is 0 Å². The molecule has 2 fully saturated rings. The molecule has 6 rings (SSSR count). The number of rotatable bonds is 9. The lowest BCUT2D eigenvalue weighted by Gasteiger charge is -2.27. The second kappa shape index (κ2) is 10.5. The minimum atomic E-state index is -0.452. The Bertz CT molecular complexity index is 1290. The minimum absolute atomic E-state index is 0.0466. The van der Waals surface area contributed by atoms with Gasteiger partial charge in [0.1, 0.15) is 24.3 Å². The Morgan fingerprint density at radius 1 is 1.26 bits per heavy atom. The van der Waals surface area contributed by atoms with Crippen LogP contribution in [0.3, 0.4) is 0 Å². The maximum atomic E-state index is 12.5. The monoisotopic (exact) mass is 518 g/mol. The first kappa shape index (κ1) is 24.5. The molecule has 2 aromatic rings. The van der Waals surface area contributed by atoms with Crippen molar-refractivity contribution in [1.29, 1.82) is 5.26 Å². The van der Waals surface area contributed by atoms with E-state index in [2.05, 4.69) is 33.1 Å². The smallest absolute Gasteiger partial charge is 0.415 e. The van der Waals surface area contributed by atoms with Gasteiger partial charge in [-0.25, -0.2) is 9.78 Å². The Balaban J connectivity index is 0.972. The van der Waals surface area contributed by atoms with Gasteiger partial charge < -0.3 is 30.2 Å². The van der Waals surface area contributed by atoms with Crippen LogP contribution in [0.2, 0.25) is 0 Å². The number of nitrogens with one attached hydrogen (secondary N) is 3. The molecule has 0 spiro atoms.